The number of halogens is 1. The summed E-state index contributed by atoms with van der Waals surface area (Å²) >= 11 is 5.86. The van der Waals surface area contributed by atoms with E-state index in [0.717, 1.165) is 11.8 Å². The lowest BCUT2D eigenvalue weighted by molar-refractivity contribution is -0.122. The minimum Gasteiger partial charge on any atom is -0.354 e. The maximum absolute atomic E-state index is 11.7. The van der Waals surface area contributed by atoms with Crippen LogP contribution in [0.25, 0.3) is 0 Å². The lowest BCUT2D eigenvalue weighted by Gasteiger charge is -2.11. The minimum atomic E-state index is -3.10. The van der Waals surface area contributed by atoms with Crippen LogP contribution in [0.15, 0.2) is 24.3 Å². The number of sulfone groups is 1. The highest BCUT2D eigenvalue weighted by molar-refractivity contribution is 7.90. The molecular weight excluding hydrogens is 300 g/mol. The van der Waals surface area contributed by atoms with E-state index < -0.39 is 15.9 Å². The van der Waals surface area contributed by atoms with Crippen LogP contribution in [-0.2, 0) is 21.1 Å². The van der Waals surface area contributed by atoms with E-state index in [1.54, 1.807) is 6.07 Å². The second-order valence-corrected chi connectivity index (χ2v) is 7.39. The summed E-state index contributed by atoms with van der Waals surface area (Å²) in [6.07, 6.45) is 1.89. The first kappa shape index (κ1) is 16.9. The molecule has 20 heavy (non-hydrogen) atoms. The van der Waals surface area contributed by atoms with Gasteiger partial charge in [-0.3, -0.25) is 4.79 Å². The minimum absolute atomic E-state index is 0.0874. The summed E-state index contributed by atoms with van der Waals surface area (Å²) in [5.74, 6) is -0.425. The van der Waals surface area contributed by atoms with Gasteiger partial charge in [-0.15, -0.1) is 0 Å². The fraction of sp³-hybridized carbons (Fsp3) is 0.462. The highest BCUT2D eigenvalue weighted by Crippen LogP contribution is 2.10. The number of carbonyl (C=O) groups excluding carboxylic acids is 1. The molecule has 112 valence electrons. The van der Waals surface area contributed by atoms with Crippen LogP contribution < -0.4 is 11.1 Å². The predicted octanol–water partition coefficient (Wildman–Crippen LogP) is 0.761. The monoisotopic (exact) mass is 318 g/mol. The maximum atomic E-state index is 11.7. The lowest BCUT2D eigenvalue weighted by atomic mass is 10.1. The van der Waals surface area contributed by atoms with Crippen molar-refractivity contribution in [2.24, 2.45) is 5.73 Å². The van der Waals surface area contributed by atoms with Crippen molar-refractivity contribution in [2.75, 3.05) is 18.6 Å². The van der Waals surface area contributed by atoms with Crippen molar-refractivity contribution in [2.45, 2.75) is 18.9 Å². The summed E-state index contributed by atoms with van der Waals surface area (Å²) in [5, 5.41) is 3.34. The molecule has 0 bridgehead atoms. The number of rotatable bonds is 7. The van der Waals surface area contributed by atoms with Crippen molar-refractivity contribution in [3.05, 3.63) is 34.9 Å². The number of carbonyl (C=O) groups is 1. The Bertz CT molecular complexity index is 560. The molecule has 1 unspecified atom stereocenters. The average Bonchev–Trinajstić information content (AvgIpc) is 2.35. The molecule has 7 heteroatoms. The fourth-order valence-corrected chi connectivity index (χ4v) is 2.52. The van der Waals surface area contributed by atoms with Crippen LogP contribution in [0.2, 0.25) is 5.02 Å². The molecule has 0 spiro atoms. The topological polar surface area (TPSA) is 89.3 Å². The molecule has 0 saturated heterocycles. The Balaban J connectivity index is 2.32. The van der Waals surface area contributed by atoms with Crippen LogP contribution in [0, 0.1) is 0 Å². The van der Waals surface area contributed by atoms with Gasteiger partial charge in [0, 0.05) is 17.8 Å². The molecule has 3 N–H and O–H groups in total. The Labute approximate surface area is 124 Å². The van der Waals surface area contributed by atoms with Gasteiger partial charge in [0.25, 0.3) is 0 Å². The smallest absolute Gasteiger partial charge is 0.236 e. The Morgan fingerprint density at radius 2 is 2.15 bits per heavy atom. The summed E-state index contributed by atoms with van der Waals surface area (Å²) < 4.78 is 22.0. The number of hydrogen-bond acceptors (Lipinski definition) is 4. The van der Waals surface area contributed by atoms with Gasteiger partial charge in [-0.25, -0.2) is 8.42 Å². The number of nitrogens with one attached hydrogen (secondary N) is 1. The average molecular weight is 319 g/mol. The Morgan fingerprint density at radius 1 is 1.45 bits per heavy atom. The van der Waals surface area contributed by atoms with E-state index >= 15 is 0 Å². The summed E-state index contributed by atoms with van der Waals surface area (Å²) in [5.41, 5.74) is 6.65. The third-order valence-corrected chi connectivity index (χ3v) is 3.95. The third kappa shape index (κ3) is 6.88. The molecular formula is C13H19ClN2O3S. The van der Waals surface area contributed by atoms with E-state index in [1.165, 1.54) is 0 Å². The summed E-state index contributed by atoms with van der Waals surface area (Å²) in [6, 6.07) is 6.57. The second kappa shape index (κ2) is 7.61. The molecule has 5 nitrogen and oxygen atoms in total. The molecule has 1 aromatic rings. The van der Waals surface area contributed by atoms with Crippen LogP contribution in [0.4, 0.5) is 0 Å². The van der Waals surface area contributed by atoms with Gasteiger partial charge >= 0.3 is 0 Å². The molecule has 0 heterocycles. The predicted molar refractivity (Wildman–Crippen MR) is 80.5 cm³/mol. The number of amides is 1. The molecule has 1 aromatic carbocycles. The first-order valence-electron chi connectivity index (χ1n) is 6.23. The standard InChI is InChI=1S/C13H19ClN2O3S/c1-20(18,19)8-6-12(15)13(17)16-7-5-10-3-2-4-11(14)9-10/h2-4,9,12H,5-8,15H2,1H3,(H,16,17). The fourth-order valence-electron chi connectivity index (χ4n) is 1.63. The van der Waals surface area contributed by atoms with Gasteiger partial charge in [0.05, 0.1) is 11.8 Å². The highest BCUT2D eigenvalue weighted by Gasteiger charge is 2.15. The van der Waals surface area contributed by atoms with Crippen molar-refractivity contribution in [3.63, 3.8) is 0 Å². The molecule has 0 fully saturated rings. The van der Waals surface area contributed by atoms with E-state index in [9.17, 15) is 13.2 Å². The van der Waals surface area contributed by atoms with E-state index in [0.29, 0.717) is 18.0 Å². The van der Waals surface area contributed by atoms with Gasteiger partial charge in [-0.1, -0.05) is 23.7 Å². The van der Waals surface area contributed by atoms with Gasteiger partial charge in [0.1, 0.15) is 9.84 Å². The van der Waals surface area contributed by atoms with Crippen LogP contribution >= 0.6 is 11.6 Å². The zero-order chi connectivity index (χ0) is 15.2. The number of hydrogen-bond donors (Lipinski definition) is 2. The van der Waals surface area contributed by atoms with Crippen LogP contribution in [0.5, 0.6) is 0 Å². The van der Waals surface area contributed by atoms with Crippen LogP contribution in [0.1, 0.15) is 12.0 Å². The second-order valence-electron chi connectivity index (χ2n) is 4.70. The molecule has 0 radical (unpaired) electrons. The maximum Gasteiger partial charge on any atom is 0.236 e. The van der Waals surface area contributed by atoms with Gasteiger partial charge in [-0.05, 0) is 30.5 Å². The van der Waals surface area contributed by atoms with Crippen LogP contribution in [0.3, 0.4) is 0 Å². The molecule has 0 aromatic heterocycles. The van der Waals surface area contributed by atoms with Crippen molar-refractivity contribution in [1.29, 1.82) is 0 Å². The zero-order valence-corrected chi connectivity index (χ0v) is 12.9. The molecule has 1 amide bonds. The van der Waals surface area contributed by atoms with Crippen molar-refractivity contribution in [1.82, 2.24) is 5.32 Å². The Morgan fingerprint density at radius 3 is 2.75 bits per heavy atom. The lowest BCUT2D eigenvalue weighted by Crippen LogP contribution is -2.42. The largest absolute Gasteiger partial charge is 0.354 e. The number of benzene rings is 1. The SMILES string of the molecule is CS(=O)(=O)CCC(N)C(=O)NCCc1cccc(Cl)c1. The first-order valence-corrected chi connectivity index (χ1v) is 8.67. The van der Waals surface area contributed by atoms with Gasteiger partial charge in [-0.2, -0.15) is 0 Å². The molecule has 0 aliphatic carbocycles. The third-order valence-electron chi connectivity index (χ3n) is 2.74. The van der Waals surface area contributed by atoms with Gasteiger partial charge in [0.15, 0.2) is 0 Å². The summed E-state index contributed by atoms with van der Waals surface area (Å²) in [7, 11) is -3.10. The van der Waals surface area contributed by atoms with E-state index in [4.69, 9.17) is 17.3 Å². The van der Waals surface area contributed by atoms with E-state index in [1.807, 2.05) is 18.2 Å². The quantitative estimate of drug-likeness (QED) is 0.776. The Hall–Kier alpha value is -1.11. The normalized spacial score (nSPS) is 12.9. The van der Waals surface area contributed by atoms with Gasteiger partial charge < -0.3 is 11.1 Å². The van der Waals surface area contributed by atoms with E-state index in [-0.39, 0.29) is 18.1 Å². The molecule has 1 atom stereocenters. The first-order chi connectivity index (χ1) is 9.28. The van der Waals surface area contributed by atoms with Crippen molar-refractivity contribution >= 4 is 27.3 Å². The summed E-state index contributed by atoms with van der Waals surface area (Å²) in [4.78, 5) is 11.7. The molecule has 0 aliphatic heterocycles. The van der Waals surface area contributed by atoms with Crippen molar-refractivity contribution < 1.29 is 13.2 Å². The zero-order valence-electron chi connectivity index (χ0n) is 11.3. The number of nitrogens with two attached hydrogens (primary N) is 1. The highest BCUT2D eigenvalue weighted by atomic mass is 35.5. The summed E-state index contributed by atoms with van der Waals surface area (Å²) in [6.45, 7) is 0.436. The molecule has 1 rings (SSSR count). The van der Waals surface area contributed by atoms with E-state index in [2.05, 4.69) is 5.32 Å². The molecule has 0 aliphatic rings. The molecule has 0 saturated carbocycles. The van der Waals surface area contributed by atoms with Crippen LogP contribution in [-0.4, -0.2) is 38.9 Å². The van der Waals surface area contributed by atoms with Crippen molar-refractivity contribution in [3.8, 4) is 0 Å². The Kier molecular flexibility index (Phi) is 6.45. The van der Waals surface area contributed by atoms with Gasteiger partial charge in [0.2, 0.25) is 5.91 Å².